The Bertz CT molecular complexity index is 35.2. The topological polar surface area (TPSA) is 63.0 Å². The van der Waals surface area contributed by atoms with E-state index in [1.165, 1.54) is 0 Å². The third kappa shape index (κ3) is 16.1. The molecule has 0 bridgehead atoms. The standard InChI is InChI=1S/C4H8BBr.2H2O/c1-2-3-4(5)6;;/h4H,2-3H2,1H3;2*1H2. The van der Waals surface area contributed by atoms with Gasteiger partial charge >= 0.3 is 0 Å². The molecule has 0 aromatic rings. The summed E-state index contributed by atoms with van der Waals surface area (Å²) in [5.74, 6) is 0. The maximum absolute atomic E-state index is 5.32. The molecule has 0 saturated carbocycles. The fourth-order valence-electron chi connectivity index (χ4n) is 0.276. The molecule has 0 amide bonds. The zero-order valence-electron chi connectivity index (χ0n) is 4.95. The Morgan fingerprint density at radius 3 is 1.88 bits per heavy atom. The number of hydrogen-bond acceptors (Lipinski definition) is 0. The van der Waals surface area contributed by atoms with Gasteiger partial charge in [-0.05, 0) is 11.1 Å². The lowest BCUT2D eigenvalue weighted by Gasteiger charge is -1.94. The highest BCUT2D eigenvalue weighted by atomic mass is 79.9. The molecular formula is C4H12BBrO2. The first-order valence-electron chi connectivity index (χ1n) is 2.17. The maximum atomic E-state index is 5.32. The Morgan fingerprint density at radius 1 is 1.50 bits per heavy atom. The van der Waals surface area contributed by atoms with Crippen molar-refractivity contribution in [1.29, 1.82) is 0 Å². The molecule has 50 valence electrons. The first-order valence-corrected chi connectivity index (χ1v) is 3.08. The van der Waals surface area contributed by atoms with Crippen LogP contribution < -0.4 is 0 Å². The molecule has 4 heteroatoms. The van der Waals surface area contributed by atoms with Crippen LogP contribution in [0.1, 0.15) is 19.8 Å². The van der Waals surface area contributed by atoms with Crippen LogP contribution in [-0.2, 0) is 0 Å². The van der Waals surface area contributed by atoms with Gasteiger partial charge in [0.1, 0.15) is 0 Å². The van der Waals surface area contributed by atoms with Crippen LogP contribution in [0.25, 0.3) is 0 Å². The summed E-state index contributed by atoms with van der Waals surface area (Å²) in [7, 11) is 5.32. The monoisotopic (exact) mass is 182 g/mol. The van der Waals surface area contributed by atoms with E-state index in [4.69, 9.17) is 7.85 Å². The summed E-state index contributed by atoms with van der Waals surface area (Å²) in [6.45, 7) is 2.11. The lowest BCUT2D eigenvalue weighted by Crippen LogP contribution is -1.92. The third-order valence-corrected chi connectivity index (χ3v) is 1.02. The largest absolute Gasteiger partial charge is 0.412 e. The van der Waals surface area contributed by atoms with Gasteiger partial charge < -0.3 is 11.0 Å². The number of alkyl halides is 1. The summed E-state index contributed by atoms with van der Waals surface area (Å²) >= 11 is 3.21. The lowest BCUT2D eigenvalue weighted by atomic mass is 10.0. The maximum Gasteiger partial charge on any atom is 0.0854 e. The van der Waals surface area contributed by atoms with Crippen molar-refractivity contribution in [3.8, 4) is 0 Å². The van der Waals surface area contributed by atoms with Gasteiger partial charge in [0.15, 0.2) is 0 Å². The van der Waals surface area contributed by atoms with Gasteiger partial charge in [-0.2, -0.15) is 0 Å². The molecule has 0 aromatic carbocycles. The Hall–Kier alpha value is 0.465. The highest BCUT2D eigenvalue weighted by molar-refractivity contribution is 9.10. The van der Waals surface area contributed by atoms with Crippen LogP contribution in [0.15, 0.2) is 0 Å². The summed E-state index contributed by atoms with van der Waals surface area (Å²) in [4.78, 5) is 0. The molecule has 4 N–H and O–H groups in total. The molecule has 0 aromatic heterocycles. The first-order chi connectivity index (χ1) is 2.77. The second-order valence-corrected chi connectivity index (χ2v) is 2.48. The fraction of sp³-hybridized carbons (Fsp3) is 1.00. The molecule has 8 heavy (non-hydrogen) atoms. The van der Waals surface area contributed by atoms with E-state index in [1.807, 2.05) is 0 Å². The van der Waals surface area contributed by atoms with Crippen LogP contribution in [0.2, 0.25) is 0 Å². The van der Waals surface area contributed by atoms with Crippen molar-refractivity contribution in [2.24, 2.45) is 0 Å². The summed E-state index contributed by atoms with van der Waals surface area (Å²) in [5, 5.41) is 0. The van der Waals surface area contributed by atoms with Crippen molar-refractivity contribution in [2.75, 3.05) is 0 Å². The lowest BCUT2D eigenvalue weighted by molar-refractivity contribution is 0.823. The van der Waals surface area contributed by atoms with E-state index >= 15 is 0 Å². The molecule has 0 fully saturated rings. The molecule has 0 aliphatic rings. The van der Waals surface area contributed by atoms with E-state index in [0.717, 1.165) is 12.8 Å². The van der Waals surface area contributed by atoms with Gasteiger partial charge in [-0.3, -0.25) is 0 Å². The second-order valence-electron chi connectivity index (χ2n) is 1.30. The molecule has 1 unspecified atom stereocenters. The van der Waals surface area contributed by atoms with Gasteiger partial charge in [0, 0.05) is 0 Å². The van der Waals surface area contributed by atoms with Crippen LogP contribution in [0.4, 0.5) is 0 Å². The first kappa shape index (κ1) is 15.8. The van der Waals surface area contributed by atoms with Gasteiger partial charge in [0.2, 0.25) is 0 Å². The molecular weight excluding hydrogens is 171 g/mol. The molecule has 2 nitrogen and oxygen atoms in total. The van der Waals surface area contributed by atoms with Gasteiger partial charge in [0.05, 0.1) is 7.85 Å². The normalized spacial score (nSPS) is 10.8. The fourth-order valence-corrected chi connectivity index (χ4v) is 0.734. The highest BCUT2D eigenvalue weighted by Crippen LogP contribution is 2.00. The number of halogens is 1. The van der Waals surface area contributed by atoms with Crippen molar-refractivity contribution in [3.63, 3.8) is 0 Å². The molecule has 0 heterocycles. The Balaban J connectivity index is -0.000000125. The number of hydrogen-bond donors (Lipinski definition) is 0. The van der Waals surface area contributed by atoms with E-state index in [-0.39, 0.29) is 15.7 Å². The molecule has 1 atom stereocenters. The second kappa shape index (κ2) is 10.4. The molecule has 0 saturated heterocycles. The summed E-state index contributed by atoms with van der Waals surface area (Å²) in [6.07, 6.45) is 2.23. The Morgan fingerprint density at radius 2 is 1.88 bits per heavy atom. The molecule has 0 spiro atoms. The van der Waals surface area contributed by atoms with Crippen LogP contribution >= 0.6 is 15.9 Å². The average molecular weight is 183 g/mol. The third-order valence-electron chi connectivity index (χ3n) is 0.564. The quantitative estimate of drug-likeness (QED) is 0.428. The van der Waals surface area contributed by atoms with Crippen LogP contribution in [0, 0.1) is 0 Å². The van der Waals surface area contributed by atoms with Gasteiger partial charge in [0.25, 0.3) is 0 Å². The van der Waals surface area contributed by atoms with E-state index in [1.54, 1.807) is 0 Å². The van der Waals surface area contributed by atoms with Crippen molar-refractivity contribution in [2.45, 2.75) is 24.5 Å². The van der Waals surface area contributed by atoms with Gasteiger partial charge in [-0.15, -0.1) is 0 Å². The van der Waals surface area contributed by atoms with Crippen LogP contribution in [0.5, 0.6) is 0 Å². The smallest absolute Gasteiger partial charge is 0.0854 e. The highest BCUT2D eigenvalue weighted by Gasteiger charge is 1.87. The zero-order valence-corrected chi connectivity index (χ0v) is 6.53. The van der Waals surface area contributed by atoms with E-state index in [0.29, 0.717) is 0 Å². The zero-order chi connectivity index (χ0) is 4.99. The Kier molecular flexibility index (Phi) is 20.6. The Labute approximate surface area is 59.8 Å². The van der Waals surface area contributed by atoms with E-state index < -0.39 is 0 Å². The van der Waals surface area contributed by atoms with Crippen molar-refractivity contribution in [3.05, 3.63) is 0 Å². The van der Waals surface area contributed by atoms with Crippen molar-refractivity contribution in [1.82, 2.24) is 0 Å². The van der Waals surface area contributed by atoms with Crippen molar-refractivity contribution < 1.29 is 11.0 Å². The summed E-state index contributed by atoms with van der Waals surface area (Å²) in [5.41, 5.74) is 0. The molecule has 0 aliphatic carbocycles. The van der Waals surface area contributed by atoms with Crippen molar-refractivity contribution >= 4 is 23.8 Å². The summed E-state index contributed by atoms with van der Waals surface area (Å²) < 4.78 is 0.211. The minimum atomic E-state index is 0. The average Bonchev–Trinajstić information content (AvgIpc) is 1.35. The van der Waals surface area contributed by atoms with Crippen LogP contribution in [0.3, 0.4) is 0 Å². The van der Waals surface area contributed by atoms with E-state index in [9.17, 15) is 0 Å². The molecule has 0 rings (SSSR count). The summed E-state index contributed by atoms with van der Waals surface area (Å²) in [6, 6.07) is 0. The van der Waals surface area contributed by atoms with Gasteiger partial charge in [-0.25, -0.2) is 0 Å². The predicted molar refractivity (Wildman–Crippen MR) is 40.6 cm³/mol. The molecule has 0 aliphatic heterocycles. The number of rotatable bonds is 2. The predicted octanol–water partition coefficient (Wildman–Crippen LogP) is 0.0266. The van der Waals surface area contributed by atoms with E-state index in [2.05, 4.69) is 22.9 Å². The minimum absolute atomic E-state index is 0. The van der Waals surface area contributed by atoms with Gasteiger partial charge in [-0.1, -0.05) is 29.3 Å². The minimum Gasteiger partial charge on any atom is -0.412 e. The molecule has 2 radical (unpaired) electrons. The SMILES string of the molecule is O.O.[B]C(Br)CCC. The van der Waals surface area contributed by atoms with Crippen LogP contribution in [-0.4, -0.2) is 23.5 Å².